The first kappa shape index (κ1) is 12.4. The molecule has 0 aromatic heterocycles. The number of benzene rings is 1. The second-order valence-corrected chi connectivity index (χ2v) is 3.19. The highest BCUT2D eigenvalue weighted by Crippen LogP contribution is 2.25. The first-order chi connectivity index (χ1) is 7.99. The third kappa shape index (κ3) is 2.69. The lowest BCUT2D eigenvalue weighted by Crippen LogP contribution is -2.08. The van der Waals surface area contributed by atoms with E-state index in [2.05, 4.69) is 4.74 Å². The van der Waals surface area contributed by atoms with Crippen LogP contribution in [0.3, 0.4) is 0 Å². The van der Waals surface area contributed by atoms with Crippen LogP contribution < -0.4 is 5.73 Å². The number of nitro groups is 1. The van der Waals surface area contributed by atoms with Crippen molar-refractivity contribution < 1.29 is 14.5 Å². The van der Waals surface area contributed by atoms with Crippen LogP contribution in [0.15, 0.2) is 12.1 Å². The van der Waals surface area contributed by atoms with Crippen molar-refractivity contribution in [1.82, 2.24) is 0 Å². The second-order valence-electron chi connectivity index (χ2n) is 3.19. The zero-order chi connectivity index (χ0) is 13.0. The number of carbonyl (C=O) groups excluding carboxylic acids is 1. The Labute approximate surface area is 96.6 Å². The van der Waals surface area contributed by atoms with Crippen LogP contribution in [0.4, 0.5) is 11.4 Å². The molecule has 88 valence electrons. The fourth-order valence-corrected chi connectivity index (χ4v) is 1.27. The van der Waals surface area contributed by atoms with Crippen molar-refractivity contribution in [2.24, 2.45) is 0 Å². The summed E-state index contributed by atoms with van der Waals surface area (Å²) in [5.41, 5.74) is 5.47. The summed E-state index contributed by atoms with van der Waals surface area (Å²) in [7, 11) is 1.22. The first-order valence-corrected chi connectivity index (χ1v) is 4.53. The Morgan fingerprint density at radius 3 is 2.76 bits per heavy atom. The van der Waals surface area contributed by atoms with Crippen molar-refractivity contribution in [2.75, 3.05) is 12.8 Å². The maximum Gasteiger partial charge on any atom is 0.310 e. The van der Waals surface area contributed by atoms with Gasteiger partial charge in [0.25, 0.3) is 5.69 Å². The van der Waals surface area contributed by atoms with Gasteiger partial charge in [-0.15, -0.1) is 0 Å². The van der Waals surface area contributed by atoms with E-state index in [0.717, 1.165) is 6.07 Å². The number of hydrogen-bond acceptors (Lipinski definition) is 6. The predicted molar refractivity (Wildman–Crippen MR) is 57.9 cm³/mol. The average Bonchev–Trinajstić information content (AvgIpc) is 2.30. The number of nitriles is 1. The number of nitrogens with two attached hydrogens (primary N) is 1. The van der Waals surface area contributed by atoms with Crippen LogP contribution in [0.1, 0.15) is 11.1 Å². The lowest BCUT2D eigenvalue weighted by molar-refractivity contribution is -0.385. The van der Waals surface area contributed by atoms with E-state index in [4.69, 9.17) is 11.0 Å². The van der Waals surface area contributed by atoms with Crippen molar-refractivity contribution in [3.8, 4) is 6.07 Å². The SMILES string of the molecule is COC(=O)Cc1cc(C#N)c([N+](=O)[O-])cc1N. The standard InChI is InChI=1S/C10H9N3O4/c1-17-10(14)3-6-2-7(5-11)9(13(15)16)4-8(6)12/h2,4H,3,12H2,1H3. The van der Waals surface area contributed by atoms with Crippen LogP contribution in [0.2, 0.25) is 0 Å². The normalized spacial score (nSPS) is 9.41. The fourth-order valence-electron chi connectivity index (χ4n) is 1.27. The number of esters is 1. The Morgan fingerprint density at radius 1 is 1.65 bits per heavy atom. The van der Waals surface area contributed by atoms with E-state index in [0.29, 0.717) is 5.56 Å². The van der Waals surface area contributed by atoms with Crippen LogP contribution in [0, 0.1) is 21.4 Å². The minimum absolute atomic E-state index is 0.0844. The summed E-state index contributed by atoms with van der Waals surface area (Å²) in [4.78, 5) is 21.0. The maximum atomic E-state index is 11.1. The molecule has 0 aliphatic carbocycles. The Morgan fingerprint density at radius 2 is 2.29 bits per heavy atom. The number of ether oxygens (including phenoxy) is 1. The summed E-state index contributed by atoms with van der Waals surface area (Å²) in [6.07, 6.45) is -0.130. The lowest BCUT2D eigenvalue weighted by Gasteiger charge is -2.05. The highest BCUT2D eigenvalue weighted by atomic mass is 16.6. The number of methoxy groups -OCH3 is 1. The van der Waals surface area contributed by atoms with Gasteiger partial charge in [-0.3, -0.25) is 14.9 Å². The molecule has 0 radical (unpaired) electrons. The molecule has 0 saturated heterocycles. The number of anilines is 1. The van der Waals surface area contributed by atoms with E-state index in [9.17, 15) is 14.9 Å². The monoisotopic (exact) mass is 235 g/mol. The quantitative estimate of drug-likeness (QED) is 0.357. The van der Waals surface area contributed by atoms with Gasteiger partial charge >= 0.3 is 5.97 Å². The molecule has 7 heteroatoms. The molecule has 0 atom stereocenters. The van der Waals surface area contributed by atoms with Gasteiger partial charge in [-0.25, -0.2) is 0 Å². The molecule has 0 amide bonds. The molecular weight excluding hydrogens is 226 g/mol. The summed E-state index contributed by atoms with van der Waals surface area (Å²) in [5, 5.41) is 19.4. The third-order valence-electron chi connectivity index (χ3n) is 2.14. The first-order valence-electron chi connectivity index (χ1n) is 4.53. The zero-order valence-electron chi connectivity index (χ0n) is 8.97. The summed E-state index contributed by atoms with van der Waals surface area (Å²) < 4.78 is 4.45. The van der Waals surface area contributed by atoms with Crippen molar-refractivity contribution >= 4 is 17.3 Å². The van der Waals surface area contributed by atoms with Crippen molar-refractivity contribution in [1.29, 1.82) is 5.26 Å². The van der Waals surface area contributed by atoms with E-state index in [1.807, 2.05) is 0 Å². The smallest absolute Gasteiger partial charge is 0.310 e. The number of hydrogen-bond donors (Lipinski definition) is 1. The highest BCUT2D eigenvalue weighted by molar-refractivity contribution is 5.76. The van der Waals surface area contributed by atoms with Gasteiger partial charge in [0, 0.05) is 11.8 Å². The molecule has 1 rings (SSSR count). The third-order valence-corrected chi connectivity index (χ3v) is 2.14. The average molecular weight is 235 g/mol. The molecule has 7 nitrogen and oxygen atoms in total. The molecule has 0 bridgehead atoms. The Kier molecular flexibility index (Phi) is 3.62. The Hall–Kier alpha value is -2.62. The van der Waals surface area contributed by atoms with Crippen molar-refractivity contribution in [2.45, 2.75) is 6.42 Å². The van der Waals surface area contributed by atoms with Crippen LogP contribution >= 0.6 is 0 Å². The van der Waals surface area contributed by atoms with Gasteiger partial charge in [-0.05, 0) is 11.6 Å². The molecular formula is C10H9N3O4. The maximum absolute atomic E-state index is 11.1. The van der Waals surface area contributed by atoms with Crippen LogP contribution in [-0.2, 0) is 16.0 Å². The van der Waals surface area contributed by atoms with Crippen LogP contribution in [-0.4, -0.2) is 18.0 Å². The lowest BCUT2D eigenvalue weighted by atomic mass is 10.0. The molecule has 0 aliphatic heterocycles. The van der Waals surface area contributed by atoms with E-state index < -0.39 is 10.9 Å². The van der Waals surface area contributed by atoms with Gasteiger partial charge in [-0.2, -0.15) is 5.26 Å². The van der Waals surface area contributed by atoms with Gasteiger partial charge < -0.3 is 10.5 Å². The minimum atomic E-state index is -0.698. The molecule has 0 aliphatic rings. The summed E-state index contributed by atoms with van der Waals surface area (Å²) in [6.45, 7) is 0. The van der Waals surface area contributed by atoms with Gasteiger partial charge in [0.05, 0.1) is 18.5 Å². The molecule has 0 saturated carbocycles. The largest absolute Gasteiger partial charge is 0.469 e. The number of nitrogen functional groups attached to an aromatic ring is 1. The second kappa shape index (κ2) is 4.94. The van der Waals surface area contributed by atoms with Crippen LogP contribution in [0.5, 0.6) is 0 Å². The topological polar surface area (TPSA) is 119 Å². The van der Waals surface area contributed by atoms with Crippen LogP contribution in [0.25, 0.3) is 0 Å². The minimum Gasteiger partial charge on any atom is -0.469 e. The Bertz CT molecular complexity index is 519. The van der Waals surface area contributed by atoms with E-state index in [1.165, 1.54) is 13.2 Å². The summed E-state index contributed by atoms with van der Waals surface area (Å²) in [5.74, 6) is -0.533. The summed E-state index contributed by atoms with van der Waals surface area (Å²) in [6, 6.07) is 3.98. The molecule has 1 aromatic carbocycles. The van der Waals surface area contributed by atoms with Crippen molar-refractivity contribution in [3.05, 3.63) is 33.4 Å². The fraction of sp³-hybridized carbons (Fsp3) is 0.200. The molecule has 0 spiro atoms. The number of rotatable bonds is 3. The van der Waals surface area contributed by atoms with Gasteiger partial charge in [-0.1, -0.05) is 0 Å². The molecule has 0 fully saturated rings. The number of carbonyl (C=O) groups is 1. The Balaban J connectivity index is 3.24. The molecule has 17 heavy (non-hydrogen) atoms. The predicted octanol–water partition coefficient (Wildman–Crippen LogP) is 0.764. The molecule has 0 heterocycles. The van der Waals surface area contributed by atoms with Crippen molar-refractivity contribution in [3.63, 3.8) is 0 Å². The molecule has 1 aromatic rings. The highest BCUT2D eigenvalue weighted by Gasteiger charge is 2.18. The molecule has 2 N–H and O–H groups in total. The van der Waals surface area contributed by atoms with Gasteiger partial charge in [0.1, 0.15) is 11.6 Å². The number of nitrogens with zero attached hydrogens (tertiary/aromatic N) is 2. The zero-order valence-corrected chi connectivity index (χ0v) is 8.97. The van der Waals surface area contributed by atoms with E-state index in [-0.39, 0.29) is 23.4 Å². The van der Waals surface area contributed by atoms with E-state index in [1.54, 1.807) is 6.07 Å². The number of nitro benzene ring substituents is 1. The summed E-state index contributed by atoms with van der Waals surface area (Å²) >= 11 is 0. The molecule has 0 unspecified atom stereocenters. The van der Waals surface area contributed by atoms with Gasteiger partial charge in [0.2, 0.25) is 0 Å². The van der Waals surface area contributed by atoms with E-state index >= 15 is 0 Å². The van der Waals surface area contributed by atoms with Gasteiger partial charge in [0.15, 0.2) is 0 Å².